The van der Waals surface area contributed by atoms with Crippen molar-refractivity contribution < 1.29 is 9.53 Å². The number of ether oxygens (including phenoxy) is 1. The number of aromatic nitrogens is 1. The molecule has 0 saturated carbocycles. The smallest absolute Gasteiger partial charge is 0.195 e. The van der Waals surface area contributed by atoms with E-state index in [9.17, 15) is 10.1 Å². The third-order valence-electron chi connectivity index (χ3n) is 3.40. The van der Waals surface area contributed by atoms with Gasteiger partial charge in [-0.15, -0.1) is 0 Å². The van der Waals surface area contributed by atoms with Gasteiger partial charge in [0.25, 0.3) is 0 Å². The van der Waals surface area contributed by atoms with Gasteiger partial charge < -0.3 is 9.72 Å². The molecular formula is C17H12N2O2. The Labute approximate surface area is 121 Å². The summed E-state index contributed by atoms with van der Waals surface area (Å²) in [7, 11) is 1.56. The van der Waals surface area contributed by atoms with Crippen molar-refractivity contribution in [2.45, 2.75) is 0 Å². The number of nitrogens with zero attached hydrogens (tertiary/aromatic N) is 1. The summed E-state index contributed by atoms with van der Waals surface area (Å²) in [6, 6.07) is 14.4. The van der Waals surface area contributed by atoms with E-state index >= 15 is 0 Å². The molecule has 1 aromatic heterocycles. The van der Waals surface area contributed by atoms with Crippen LogP contribution in [0.25, 0.3) is 10.9 Å². The van der Waals surface area contributed by atoms with E-state index in [0.29, 0.717) is 27.8 Å². The fraction of sp³-hybridized carbons (Fsp3) is 0.0588. The van der Waals surface area contributed by atoms with Crippen molar-refractivity contribution >= 4 is 16.7 Å². The highest BCUT2D eigenvalue weighted by molar-refractivity contribution is 6.17. The van der Waals surface area contributed by atoms with Crippen molar-refractivity contribution in [3.8, 4) is 11.8 Å². The molecule has 21 heavy (non-hydrogen) atoms. The Morgan fingerprint density at radius 2 is 2.05 bits per heavy atom. The van der Waals surface area contributed by atoms with Gasteiger partial charge in [-0.2, -0.15) is 5.26 Å². The zero-order valence-corrected chi connectivity index (χ0v) is 11.4. The number of aromatic amines is 1. The van der Waals surface area contributed by atoms with Gasteiger partial charge in [-0.05, 0) is 24.3 Å². The molecule has 0 saturated heterocycles. The predicted molar refractivity (Wildman–Crippen MR) is 79.4 cm³/mol. The van der Waals surface area contributed by atoms with Gasteiger partial charge in [-0.25, -0.2) is 0 Å². The first-order valence-electron chi connectivity index (χ1n) is 6.43. The minimum absolute atomic E-state index is 0.136. The zero-order chi connectivity index (χ0) is 14.8. The van der Waals surface area contributed by atoms with Gasteiger partial charge in [0.1, 0.15) is 5.75 Å². The molecule has 0 spiro atoms. The molecule has 0 aliphatic carbocycles. The minimum Gasteiger partial charge on any atom is -0.497 e. The summed E-state index contributed by atoms with van der Waals surface area (Å²) in [5.74, 6) is 0.490. The molecule has 4 heteroatoms. The van der Waals surface area contributed by atoms with Gasteiger partial charge in [0.15, 0.2) is 5.78 Å². The van der Waals surface area contributed by atoms with E-state index in [1.54, 1.807) is 49.7 Å². The van der Waals surface area contributed by atoms with Crippen molar-refractivity contribution in [3.63, 3.8) is 0 Å². The summed E-state index contributed by atoms with van der Waals surface area (Å²) in [5.41, 5.74) is 2.29. The molecule has 102 valence electrons. The van der Waals surface area contributed by atoms with Crippen molar-refractivity contribution in [1.82, 2.24) is 4.98 Å². The number of hydrogen-bond donors (Lipinski definition) is 1. The van der Waals surface area contributed by atoms with Crippen LogP contribution in [0.15, 0.2) is 48.7 Å². The lowest BCUT2D eigenvalue weighted by Crippen LogP contribution is -2.01. The van der Waals surface area contributed by atoms with Crippen LogP contribution >= 0.6 is 0 Å². The summed E-state index contributed by atoms with van der Waals surface area (Å²) >= 11 is 0. The summed E-state index contributed by atoms with van der Waals surface area (Å²) in [4.78, 5) is 15.7. The standard InChI is InChI=1S/C17H12N2O2/c1-21-13-6-2-4-11(8-13)17(20)14-10-19-15-7-3-5-12(9-18)16(14)15/h2-8,10,19H,1H3. The molecule has 3 rings (SSSR count). The normalized spacial score (nSPS) is 10.3. The zero-order valence-electron chi connectivity index (χ0n) is 11.4. The third kappa shape index (κ3) is 2.15. The molecule has 0 aliphatic heterocycles. The van der Waals surface area contributed by atoms with Gasteiger partial charge in [-0.1, -0.05) is 18.2 Å². The average molecular weight is 276 g/mol. The highest BCUT2D eigenvalue weighted by atomic mass is 16.5. The maximum absolute atomic E-state index is 12.7. The monoisotopic (exact) mass is 276 g/mol. The summed E-state index contributed by atoms with van der Waals surface area (Å²) in [6.07, 6.45) is 1.65. The molecule has 0 atom stereocenters. The largest absolute Gasteiger partial charge is 0.497 e. The van der Waals surface area contributed by atoms with E-state index in [4.69, 9.17) is 4.74 Å². The second-order valence-electron chi connectivity index (χ2n) is 4.60. The summed E-state index contributed by atoms with van der Waals surface area (Å²) < 4.78 is 5.14. The number of nitrogens with one attached hydrogen (secondary N) is 1. The first-order chi connectivity index (χ1) is 10.2. The molecule has 0 amide bonds. The van der Waals surface area contributed by atoms with Crippen LogP contribution in [0.3, 0.4) is 0 Å². The van der Waals surface area contributed by atoms with E-state index in [2.05, 4.69) is 11.1 Å². The maximum Gasteiger partial charge on any atom is 0.195 e. The number of rotatable bonds is 3. The molecule has 1 N–H and O–H groups in total. The van der Waals surface area contributed by atoms with Gasteiger partial charge in [0.05, 0.1) is 18.7 Å². The molecule has 1 heterocycles. The van der Waals surface area contributed by atoms with Crippen LogP contribution in [0, 0.1) is 11.3 Å². The number of fused-ring (bicyclic) bond motifs is 1. The molecule has 0 bridgehead atoms. The van der Waals surface area contributed by atoms with Crippen LogP contribution in [0.5, 0.6) is 5.75 Å². The fourth-order valence-corrected chi connectivity index (χ4v) is 2.38. The van der Waals surface area contributed by atoms with Crippen molar-refractivity contribution in [2.24, 2.45) is 0 Å². The van der Waals surface area contributed by atoms with Crippen molar-refractivity contribution in [1.29, 1.82) is 5.26 Å². The number of carbonyl (C=O) groups is 1. The number of benzene rings is 2. The lowest BCUT2D eigenvalue weighted by atomic mass is 10.00. The molecule has 2 aromatic carbocycles. The van der Waals surface area contributed by atoms with Gasteiger partial charge in [0, 0.05) is 28.2 Å². The first-order valence-corrected chi connectivity index (χ1v) is 6.43. The highest BCUT2D eigenvalue weighted by Gasteiger charge is 2.17. The Kier molecular flexibility index (Phi) is 3.17. The molecular weight excluding hydrogens is 264 g/mol. The number of ketones is 1. The van der Waals surface area contributed by atoms with Gasteiger partial charge in [0.2, 0.25) is 0 Å². The number of carbonyl (C=O) groups excluding carboxylic acids is 1. The number of hydrogen-bond acceptors (Lipinski definition) is 3. The SMILES string of the molecule is COc1cccc(C(=O)c2c[nH]c3cccc(C#N)c23)c1. The molecule has 0 fully saturated rings. The van der Waals surface area contributed by atoms with E-state index in [1.807, 2.05) is 6.07 Å². The second kappa shape index (κ2) is 5.14. The van der Waals surface area contributed by atoms with E-state index in [1.165, 1.54) is 0 Å². The predicted octanol–water partition coefficient (Wildman–Crippen LogP) is 3.28. The van der Waals surface area contributed by atoms with Crippen LogP contribution in [-0.2, 0) is 0 Å². The first kappa shape index (κ1) is 12.9. The Hall–Kier alpha value is -3.06. The Balaban J connectivity index is 2.16. The Morgan fingerprint density at radius 3 is 2.81 bits per heavy atom. The number of nitriles is 1. The second-order valence-corrected chi connectivity index (χ2v) is 4.60. The maximum atomic E-state index is 12.7. The van der Waals surface area contributed by atoms with Gasteiger partial charge in [-0.3, -0.25) is 4.79 Å². The van der Waals surface area contributed by atoms with Crippen LogP contribution < -0.4 is 4.74 Å². The lowest BCUT2D eigenvalue weighted by molar-refractivity contribution is 0.104. The van der Waals surface area contributed by atoms with E-state index < -0.39 is 0 Å². The van der Waals surface area contributed by atoms with E-state index in [-0.39, 0.29) is 5.78 Å². The van der Waals surface area contributed by atoms with Crippen LogP contribution in [0.2, 0.25) is 0 Å². The van der Waals surface area contributed by atoms with Crippen molar-refractivity contribution in [2.75, 3.05) is 7.11 Å². The van der Waals surface area contributed by atoms with E-state index in [0.717, 1.165) is 5.52 Å². The summed E-state index contributed by atoms with van der Waals surface area (Å²) in [6.45, 7) is 0. The Morgan fingerprint density at radius 1 is 1.24 bits per heavy atom. The fourth-order valence-electron chi connectivity index (χ4n) is 2.38. The molecule has 3 aromatic rings. The quantitative estimate of drug-likeness (QED) is 0.746. The molecule has 0 aliphatic rings. The molecule has 0 radical (unpaired) electrons. The molecule has 0 unspecified atom stereocenters. The van der Waals surface area contributed by atoms with Gasteiger partial charge >= 0.3 is 0 Å². The van der Waals surface area contributed by atoms with Crippen LogP contribution in [0.1, 0.15) is 21.5 Å². The number of methoxy groups -OCH3 is 1. The van der Waals surface area contributed by atoms with Crippen LogP contribution in [-0.4, -0.2) is 17.9 Å². The lowest BCUT2D eigenvalue weighted by Gasteiger charge is -2.04. The average Bonchev–Trinajstić information content (AvgIpc) is 2.98. The Bertz CT molecular complexity index is 872. The number of H-pyrrole nitrogens is 1. The van der Waals surface area contributed by atoms with Crippen molar-refractivity contribution in [3.05, 3.63) is 65.4 Å². The topological polar surface area (TPSA) is 65.9 Å². The van der Waals surface area contributed by atoms with Crippen LogP contribution in [0.4, 0.5) is 0 Å². The minimum atomic E-state index is -0.136. The highest BCUT2D eigenvalue weighted by Crippen LogP contribution is 2.25. The third-order valence-corrected chi connectivity index (χ3v) is 3.40. The summed E-state index contributed by atoms with van der Waals surface area (Å²) in [5, 5.41) is 9.88. The molecule has 4 nitrogen and oxygen atoms in total.